The second-order valence-electron chi connectivity index (χ2n) is 6.13. The van der Waals surface area contributed by atoms with E-state index in [2.05, 4.69) is 0 Å². The molecule has 2 aliphatic heterocycles. The van der Waals surface area contributed by atoms with Crippen molar-refractivity contribution in [3.05, 3.63) is 29.3 Å². The molecule has 0 N–H and O–H groups in total. The third-order valence-corrected chi connectivity index (χ3v) is 3.68. The van der Waals surface area contributed by atoms with Crippen LogP contribution in [0.25, 0.3) is 6.08 Å². The lowest BCUT2D eigenvalue weighted by Crippen LogP contribution is -2.41. The number of esters is 2. The van der Waals surface area contributed by atoms with Crippen LogP contribution in [-0.4, -0.2) is 50.9 Å². The Morgan fingerprint density at radius 2 is 1.77 bits per heavy atom. The molecule has 0 amide bonds. The zero-order valence-corrected chi connectivity index (χ0v) is 14.8. The average molecular weight is 364 g/mol. The van der Waals surface area contributed by atoms with Gasteiger partial charge in [0.15, 0.2) is 17.8 Å². The molecule has 140 valence electrons. The van der Waals surface area contributed by atoms with E-state index in [1.165, 1.54) is 27.0 Å². The average Bonchev–Trinajstić information content (AvgIpc) is 3.09. The monoisotopic (exact) mass is 364 g/mol. The molecular weight excluding hydrogens is 344 g/mol. The summed E-state index contributed by atoms with van der Waals surface area (Å²) in [4.78, 5) is 24.1. The van der Waals surface area contributed by atoms with Crippen molar-refractivity contribution < 1.29 is 38.0 Å². The molecule has 2 heterocycles. The Morgan fingerprint density at radius 3 is 2.38 bits per heavy atom. The van der Waals surface area contributed by atoms with Crippen molar-refractivity contribution in [2.24, 2.45) is 0 Å². The van der Waals surface area contributed by atoms with Crippen molar-refractivity contribution in [3.8, 4) is 11.5 Å². The highest BCUT2D eigenvalue weighted by Crippen LogP contribution is 2.31. The topological polar surface area (TPSA) is 89.5 Å². The first kappa shape index (κ1) is 18.2. The summed E-state index contributed by atoms with van der Waals surface area (Å²) in [6.07, 6.45) is 0.946. The second kappa shape index (κ2) is 7.35. The van der Waals surface area contributed by atoms with Gasteiger partial charge in [-0.1, -0.05) is 6.07 Å². The summed E-state index contributed by atoms with van der Waals surface area (Å²) in [5, 5.41) is 0. The van der Waals surface area contributed by atoms with E-state index >= 15 is 0 Å². The lowest BCUT2D eigenvalue weighted by atomic mass is 10.1. The van der Waals surface area contributed by atoms with Gasteiger partial charge in [0.2, 0.25) is 0 Å². The van der Waals surface area contributed by atoms with Crippen LogP contribution in [-0.2, 0) is 28.5 Å². The number of carbonyl (C=O) groups excluding carboxylic acids is 2. The van der Waals surface area contributed by atoms with Crippen LogP contribution in [0.1, 0.15) is 19.4 Å². The number of hydrogen-bond acceptors (Lipinski definition) is 8. The molecule has 26 heavy (non-hydrogen) atoms. The summed E-state index contributed by atoms with van der Waals surface area (Å²) in [6, 6.07) is 4.99. The molecule has 0 bridgehead atoms. The van der Waals surface area contributed by atoms with E-state index in [9.17, 15) is 9.59 Å². The van der Waals surface area contributed by atoms with Gasteiger partial charge in [-0.05, 0) is 23.8 Å². The van der Waals surface area contributed by atoms with Gasteiger partial charge >= 0.3 is 11.9 Å². The zero-order chi connectivity index (χ0) is 18.7. The van der Waals surface area contributed by atoms with Crippen LogP contribution in [0.15, 0.2) is 23.8 Å². The van der Waals surface area contributed by atoms with E-state index in [4.69, 9.17) is 28.4 Å². The molecule has 0 aliphatic carbocycles. The van der Waals surface area contributed by atoms with Gasteiger partial charge in [-0.25, -0.2) is 9.59 Å². The number of rotatable bonds is 5. The summed E-state index contributed by atoms with van der Waals surface area (Å²) >= 11 is 0. The maximum atomic E-state index is 12.1. The Morgan fingerprint density at radius 1 is 1.12 bits per heavy atom. The second-order valence-corrected chi connectivity index (χ2v) is 6.13. The Labute approximate surface area is 150 Å². The number of ether oxygens (including phenoxy) is 6. The van der Waals surface area contributed by atoms with Gasteiger partial charge in [0.25, 0.3) is 5.79 Å². The molecule has 2 saturated heterocycles. The molecule has 0 unspecified atom stereocenters. The smallest absolute Gasteiger partial charge is 0.348 e. The van der Waals surface area contributed by atoms with Gasteiger partial charge in [-0.2, -0.15) is 0 Å². The minimum Gasteiger partial charge on any atom is -0.493 e. The molecule has 2 fully saturated rings. The highest BCUT2D eigenvalue weighted by atomic mass is 16.7. The molecule has 0 saturated carbocycles. The Hall–Kier alpha value is -2.58. The van der Waals surface area contributed by atoms with Crippen molar-refractivity contribution in [1.82, 2.24) is 0 Å². The maximum Gasteiger partial charge on any atom is 0.348 e. The van der Waals surface area contributed by atoms with E-state index in [-0.39, 0.29) is 12.2 Å². The quantitative estimate of drug-likeness (QED) is 0.443. The van der Waals surface area contributed by atoms with Crippen molar-refractivity contribution in [2.75, 3.05) is 26.9 Å². The highest BCUT2D eigenvalue weighted by molar-refractivity contribution is 6.18. The Bertz CT molecular complexity index is 709. The van der Waals surface area contributed by atoms with E-state index in [0.29, 0.717) is 30.3 Å². The van der Waals surface area contributed by atoms with E-state index in [1.807, 2.05) is 0 Å². The molecule has 0 radical (unpaired) electrons. The molecular formula is C18H20O8. The van der Waals surface area contributed by atoms with Crippen LogP contribution in [0.4, 0.5) is 0 Å². The summed E-state index contributed by atoms with van der Waals surface area (Å²) in [5.41, 5.74) is 0.362. The third-order valence-electron chi connectivity index (χ3n) is 3.68. The standard InChI is InChI=1S/C18H20O8/c1-18(2)25-16(19)12(17(20)26-18)8-11-4-5-13(21-3)14(9-11)24-10-15-22-6-7-23-15/h4-5,8-9,15H,6-7,10H2,1-3H3. The van der Waals surface area contributed by atoms with Crippen LogP contribution in [0.3, 0.4) is 0 Å². The molecule has 1 aromatic rings. The zero-order valence-electron chi connectivity index (χ0n) is 14.8. The van der Waals surface area contributed by atoms with E-state index < -0.39 is 24.0 Å². The number of benzene rings is 1. The number of carbonyl (C=O) groups is 2. The van der Waals surface area contributed by atoms with Gasteiger partial charge in [-0.15, -0.1) is 0 Å². The third kappa shape index (κ3) is 4.14. The van der Waals surface area contributed by atoms with Crippen molar-refractivity contribution in [2.45, 2.75) is 25.9 Å². The van der Waals surface area contributed by atoms with Crippen LogP contribution in [0, 0.1) is 0 Å². The first-order valence-electron chi connectivity index (χ1n) is 8.10. The fraction of sp³-hybridized carbons (Fsp3) is 0.444. The lowest BCUT2D eigenvalue weighted by Gasteiger charge is -2.29. The molecule has 8 heteroatoms. The summed E-state index contributed by atoms with van der Waals surface area (Å²) in [7, 11) is 1.51. The largest absolute Gasteiger partial charge is 0.493 e. The normalized spacial score (nSPS) is 19.7. The van der Waals surface area contributed by atoms with Crippen molar-refractivity contribution >= 4 is 18.0 Å². The molecule has 0 spiro atoms. The molecule has 2 aliphatic rings. The predicted octanol–water partition coefficient (Wildman–Crippen LogP) is 1.67. The Kier molecular flexibility index (Phi) is 5.15. The number of methoxy groups -OCH3 is 1. The van der Waals surface area contributed by atoms with Gasteiger partial charge in [0, 0.05) is 13.8 Å². The minimum atomic E-state index is -1.28. The summed E-state index contributed by atoms with van der Waals surface area (Å²) in [5.74, 6) is -1.82. The molecule has 8 nitrogen and oxygen atoms in total. The molecule has 1 aromatic carbocycles. The minimum absolute atomic E-state index is 0.189. The lowest BCUT2D eigenvalue weighted by molar-refractivity contribution is -0.222. The number of hydrogen-bond donors (Lipinski definition) is 0. The fourth-order valence-corrected chi connectivity index (χ4v) is 2.50. The molecule has 0 aromatic heterocycles. The molecule has 3 rings (SSSR count). The van der Waals surface area contributed by atoms with Crippen molar-refractivity contribution in [3.63, 3.8) is 0 Å². The van der Waals surface area contributed by atoms with E-state index in [0.717, 1.165) is 0 Å². The van der Waals surface area contributed by atoms with Gasteiger partial charge in [0.1, 0.15) is 12.2 Å². The number of cyclic esters (lactones) is 2. The predicted molar refractivity (Wildman–Crippen MR) is 88.4 cm³/mol. The fourth-order valence-electron chi connectivity index (χ4n) is 2.50. The highest BCUT2D eigenvalue weighted by Gasteiger charge is 2.38. The SMILES string of the molecule is COc1ccc(C=C2C(=O)OC(C)(C)OC2=O)cc1OCC1OCCO1. The molecule has 0 atom stereocenters. The summed E-state index contributed by atoms with van der Waals surface area (Å²) < 4.78 is 31.8. The van der Waals surface area contributed by atoms with Crippen LogP contribution in [0.2, 0.25) is 0 Å². The summed E-state index contributed by atoms with van der Waals surface area (Å²) in [6.45, 7) is 4.22. The van der Waals surface area contributed by atoms with Gasteiger partial charge in [-0.3, -0.25) is 0 Å². The van der Waals surface area contributed by atoms with Gasteiger partial charge < -0.3 is 28.4 Å². The first-order chi connectivity index (χ1) is 12.4. The van der Waals surface area contributed by atoms with E-state index in [1.54, 1.807) is 18.2 Å². The Balaban J connectivity index is 1.80. The van der Waals surface area contributed by atoms with Crippen molar-refractivity contribution in [1.29, 1.82) is 0 Å². The maximum absolute atomic E-state index is 12.1. The van der Waals surface area contributed by atoms with Crippen LogP contribution >= 0.6 is 0 Å². The first-order valence-corrected chi connectivity index (χ1v) is 8.10. The van der Waals surface area contributed by atoms with Crippen LogP contribution in [0.5, 0.6) is 11.5 Å². The van der Waals surface area contributed by atoms with Gasteiger partial charge in [0.05, 0.1) is 20.3 Å². The van der Waals surface area contributed by atoms with Crippen LogP contribution < -0.4 is 9.47 Å².